The molecule has 0 unspecified atom stereocenters. The zero-order valence-corrected chi connectivity index (χ0v) is 31.0. The summed E-state index contributed by atoms with van der Waals surface area (Å²) in [5.41, 5.74) is -0.202. The van der Waals surface area contributed by atoms with Crippen LogP contribution < -0.4 is 15.0 Å². The molecule has 4 aliphatic rings. The predicted molar refractivity (Wildman–Crippen MR) is 197 cm³/mol. The first-order valence-electron chi connectivity index (χ1n) is 18.8. The van der Waals surface area contributed by atoms with Crippen LogP contribution in [0.5, 0.6) is 5.75 Å². The molecular formula is C41H39F4N7O5. The number of nitrogens with zero attached hydrogens (tertiary/aromatic N) is 6. The number of likely N-dealkylation sites (N-methyl/N-ethyl adjacent to an activating group) is 1. The number of aromatic nitrogens is 2. The number of fused-ring (bicyclic) bond motifs is 1. The van der Waals surface area contributed by atoms with Crippen molar-refractivity contribution in [3.8, 4) is 17.5 Å². The van der Waals surface area contributed by atoms with Gasteiger partial charge in [0.05, 0.1) is 30.5 Å². The SMILES string of the molecule is CCN1C(=O)[C@@H](NC(=O)c2cccc(C(F)(F)F)c2)[C@@H](c2ccc(F)cc2)c2c(C(=O)N3CCC[C@H]3C#N)nn(-c3cccc(OCCN4CC5(COC5)C4)c3)c21. The average Bonchev–Trinajstić information content (AvgIpc) is 3.81. The van der Waals surface area contributed by atoms with Crippen LogP contribution in [0.15, 0.2) is 72.8 Å². The fraction of sp³-hybridized carbons (Fsp3) is 0.390. The van der Waals surface area contributed by atoms with Crippen LogP contribution in [0.25, 0.3) is 5.69 Å². The van der Waals surface area contributed by atoms with Gasteiger partial charge in [0, 0.05) is 61.2 Å². The zero-order chi connectivity index (χ0) is 40.1. The van der Waals surface area contributed by atoms with E-state index in [0.717, 1.165) is 38.4 Å². The van der Waals surface area contributed by atoms with Gasteiger partial charge in [-0.2, -0.15) is 23.5 Å². The first-order valence-corrected chi connectivity index (χ1v) is 18.8. The summed E-state index contributed by atoms with van der Waals surface area (Å²) in [5.74, 6) is -3.19. The van der Waals surface area contributed by atoms with E-state index >= 15 is 0 Å². The molecule has 8 rings (SSSR count). The molecule has 296 valence electrons. The summed E-state index contributed by atoms with van der Waals surface area (Å²) >= 11 is 0. The molecule has 12 nitrogen and oxygen atoms in total. The average molecular weight is 786 g/mol. The number of ether oxygens (including phenoxy) is 2. The Hall–Kier alpha value is -5.79. The highest BCUT2D eigenvalue weighted by Crippen LogP contribution is 2.45. The third kappa shape index (κ3) is 7.10. The molecule has 0 saturated carbocycles. The van der Waals surface area contributed by atoms with Crippen molar-refractivity contribution in [3.63, 3.8) is 0 Å². The number of halogens is 4. The minimum absolute atomic E-state index is 0.0420. The largest absolute Gasteiger partial charge is 0.492 e. The summed E-state index contributed by atoms with van der Waals surface area (Å²) in [5, 5.41) is 17.5. The molecule has 1 aromatic heterocycles. The number of nitriles is 1. The first kappa shape index (κ1) is 38.1. The molecule has 0 radical (unpaired) electrons. The number of likely N-dealkylation sites (tertiary alicyclic amines) is 2. The Morgan fingerprint density at radius 2 is 1.82 bits per heavy atom. The molecule has 57 heavy (non-hydrogen) atoms. The summed E-state index contributed by atoms with van der Waals surface area (Å²) in [6.07, 6.45) is -3.70. The summed E-state index contributed by atoms with van der Waals surface area (Å²) in [4.78, 5) is 48.2. The van der Waals surface area contributed by atoms with Crippen LogP contribution in [-0.2, 0) is 15.7 Å². The molecule has 5 heterocycles. The first-order chi connectivity index (χ1) is 27.4. The van der Waals surface area contributed by atoms with Crippen molar-refractivity contribution in [2.45, 2.75) is 43.9 Å². The van der Waals surface area contributed by atoms with Gasteiger partial charge in [-0.3, -0.25) is 24.2 Å². The summed E-state index contributed by atoms with van der Waals surface area (Å²) in [6, 6.07) is 16.0. The van der Waals surface area contributed by atoms with Crippen LogP contribution >= 0.6 is 0 Å². The Labute approximate surface area is 325 Å². The van der Waals surface area contributed by atoms with Gasteiger partial charge in [-0.25, -0.2) is 9.07 Å². The van der Waals surface area contributed by atoms with Crippen molar-refractivity contribution in [1.82, 2.24) is 24.9 Å². The normalized spacial score (nSPS) is 21.4. The molecule has 4 aromatic rings. The molecule has 3 aromatic carbocycles. The second-order valence-electron chi connectivity index (χ2n) is 15.0. The number of hydrogen-bond acceptors (Lipinski definition) is 8. The lowest BCUT2D eigenvalue weighted by Crippen LogP contribution is -2.66. The lowest BCUT2D eigenvalue weighted by Gasteiger charge is -2.55. The molecule has 3 saturated heterocycles. The van der Waals surface area contributed by atoms with E-state index in [0.29, 0.717) is 49.1 Å². The van der Waals surface area contributed by atoms with E-state index in [4.69, 9.17) is 14.6 Å². The highest BCUT2D eigenvalue weighted by Gasteiger charge is 2.50. The van der Waals surface area contributed by atoms with Gasteiger partial charge in [0.25, 0.3) is 17.7 Å². The molecule has 1 spiro atoms. The molecule has 0 aliphatic carbocycles. The van der Waals surface area contributed by atoms with Gasteiger partial charge in [-0.15, -0.1) is 0 Å². The Bertz CT molecular complexity index is 2240. The lowest BCUT2D eigenvalue weighted by atomic mass is 9.78. The highest BCUT2D eigenvalue weighted by atomic mass is 19.4. The Kier molecular flexibility index (Phi) is 9.99. The van der Waals surface area contributed by atoms with Crippen LogP contribution in [-0.4, -0.2) is 102 Å². The number of nitrogens with one attached hydrogen (secondary N) is 1. The maximum Gasteiger partial charge on any atom is 0.416 e. The van der Waals surface area contributed by atoms with E-state index in [9.17, 15) is 37.2 Å². The van der Waals surface area contributed by atoms with Gasteiger partial charge in [-0.1, -0.05) is 24.3 Å². The van der Waals surface area contributed by atoms with E-state index in [-0.39, 0.29) is 41.1 Å². The van der Waals surface area contributed by atoms with Crippen LogP contribution in [0, 0.1) is 22.6 Å². The number of anilines is 1. The van der Waals surface area contributed by atoms with Gasteiger partial charge in [0.1, 0.15) is 36.1 Å². The summed E-state index contributed by atoms with van der Waals surface area (Å²) < 4.78 is 68.3. The smallest absolute Gasteiger partial charge is 0.416 e. The molecule has 3 atom stereocenters. The quantitative estimate of drug-likeness (QED) is 0.218. The number of benzene rings is 3. The minimum atomic E-state index is -4.73. The fourth-order valence-corrected chi connectivity index (χ4v) is 8.34. The molecular weight excluding hydrogens is 746 g/mol. The highest BCUT2D eigenvalue weighted by molar-refractivity contribution is 6.07. The van der Waals surface area contributed by atoms with Crippen molar-refractivity contribution in [3.05, 3.63) is 107 Å². The van der Waals surface area contributed by atoms with E-state index in [1.54, 1.807) is 31.2 Å². The van der Waals surface area contributed by atoms with E-state index in [2.05, 4.69) is 16.3 Å². The monoisotopic (exact) mass is 785 g/mol. The molecule has 1 N–H and O–H groups in total. The van der Waals surface area contributed by atoms with Crippen LogP contribution in [0.4, 0.5) is 23.4 Å². The second kappa shape index (κ2) is 14.9. The zero-order valence-electron chi connectivity index (χ0n) is 31.0. The van der Waals surface area contributed by atoms with Gasteiger partial charge in [0.15, 0.2) is 5.69 Å². The van der Waals surface area contributed by atoms with Gasteiger partial charge < -0.3 is 19.7 Å². The predicted octanol–water partition coefficient (Wildman–Crippen LogP) is 5.17. The molecule has 3 fully saturated rings. The summed E-state index contributed by atoms with van der Waals surface area (Å²) in [6.45, 7) is 6.60. The van der Waals surface area contributed by atoms with E-state index < -0.39 is 53.3 Å². The Morgan fingerprint density at radius 3 is 2.51 bits per heavy atom. The number of rotatable bonds is 10. The number of amides is 3. The Balaban J connectivity index is 1.22. The van der Waals surface area contributed by atoms with Crippen molar-refractivity contribution < 1.29 is 41.4 Å². The molecule has 0 bridgehead atoms. The minimum Gasteiger partial charge on any atom is -0.492 e. The van der Waals surface area contributed by atoms with Gasteiger partial charge in [-0.05, 0) is 67.8 Å². The second-order valence-corrected chi connectivity index (χ2v) is 15.0. The molecule has 16 heteroatoms. The van der Waals surface area contributed by atoms with Crippen LogP contribution in [0.2, 0.25) is 0 Å². The number of carbonyl (C=O) groups is 3. The lowest BCUT2D eigenvalue weighted by molar-refractivity contribution is -0.189. The molecule has 4 aliphatic heterocycles. The fourth-order valence-electron chi connectivity index (χ4n) is 8.34. The van der Waals surface area contributed by atoms with E-state index in [1.807, 2.05) is 0 Å². The number of hydrogen-bond donors (Lipinski definition) is 1. The Morgan fingerprint density at radius 1 is 1.07 bits per heavy atom. The molecule has 3 amide bonds. The van der Waals surface area contributed by atoms with Gasteiger partial charge in [0.2, 0.25) is 0 Å². The number of alkyl halides is 3. The van der Waals surface area contributed by atoms with Gasteiger partial charge >= 0.3 is 6.18 Å². The third-order valence-corrected chi connectivity index (χ3v) is 11.2. The summed E-state index contributed by atoms with van der Waals surface area (Å²) in [7, 11) is 0. The van der Waals surface area contributed by atoms with Crippen molar-refractivity contribution in [1.29, 1.82) is 5.26 Å². The van der Waals surface area contributed by atoms with Crippen LogP contribution in [0.3, 0.4) is 0 Å². The maximum absolute atomic E-state index is 14.7. The van der Waals surface area contributed by atoms with Crippen molar-refractivity contribution >= 4 is 23.5 Å². The van der Waals surface area contributed by atoms with E-state index in [1.165, 1.54) is 44.8 Å². The third-order valence-electron chi connectivity index (χ3n) is 11.2. The van der Waals surface area contributed by atoms with Crippen molar-refractivity contribution in [2.24, 2.45) is 5.41 Å². The maximum atomic E-state index is 14.7. The van der Waals surface area contributed by atoms with Crippen molar-refractivity contribution in [2.75, 3.05) is 57.4 Å². The topological polar surface area (TPSA) is 133 Å². The number of carbonyl (C=O) groups excluding carboxylic acids is 3. The standard InChI is InChI=1S/C41H39F4N7O5/c1-2-50-37-33(32(25-11-13-28(42)14-12-25)34(38(50)54)47-36(53)26-6-3-7-27(18-26)41(43,44)45)35(39(55)51-15-5-9-30(51)20-46)48-52(37)29-8-4-10-31(19-29)57-17-16-49-21-40(22-49)23-56-24-40/h3-4,6-8,10-14,18-19,30,32,34H,2,5,9,15-17,21-24H2,1H3,(H,47,53)/t30-,32-,34-/m0/s1. The van der Waals surface area contributed by atoms with Crippen LogP contribution in [0.1, 0.15) is 63.2 Å².